The van der Waals surface area contributed by atoms with Crippen LogP contribution in [0.25, 0.3) is 66.3 Å². The smallest absolute Gasteiger partial charge is 0.139 e. The molecular weight excluding hydrogens is 454 g/mol. The molecule has 3 nitrogen and oxygen atoms in total. The Kier molecular flexibility index (Phi) is 4.77. The third-order valence-corrected chi connectivity index (χ3v) is 7.01. The molecule has 0 aliphatic carbocycles. The predicted octanol–water partition coefficient (Wildman–Crippen LogP) is 9.80. The molecule has 3 aromatic heterocycles. The van der Waals surface area contributed by atoms with E-state index < -0.39 is 0 Å². The average molecular weight is 482 g/mol. The molecule has 37 heavy (non-hydrogen) atoms. The maximum Gasteiger partial charge on any atom is 0.139 e. The second kappa shape index (κ2) is 8.07. The molecule has 7 aromatic rings. The molecule has 4 aromatic carbocycles. The minimum atomic E-state index is 0.222. The number of hydrogen-bond donors (Lipinski definition) is 0. The fourth-order valence-electron chi connectivity index (χ4n) is 5.58. The summed E-state index contributed by atoms with van der Waals surface area (Å²) < 4.78 is 12.6. The first kappa shape index (κ1) is 21.9. The summed E-state index contributed by atoms with van der Waals surface area (Å²) >= 11 is 0. The van der Waals surface area contributed by atoms with Crippen LogP contribution in [-0.2, 0) is 6.42 Å². The summed E-state index contributed by atoms with van der Waals surface area (Å²) in [7, 11) is 0. The fraction of sp³-hybridized carbons (Fsp3) is 0.147. The predicted molar refractivity (Wildman–Crippen MR) is 153 cm³/mol. The summed E-state index contributed by atoms with van der Waals surface area (Å²) in [5, 5.41) is 4.41. The molecule has 0 amide bonds. The van der Waals surface area contributed by atoms with E-state index in [2.05, 4.69) is 81.4 Å². The van der Waals surface area contributed by atoms with Crippen molar-refractivity contribution in [2.24, 2.45) is 5.41 Å². The zero-order chi connectivity index (χ0) is 25.1. The van der Waals surface area contributed by atoms with Crippen molar-refractivity contribution < 1.29 is 8.83 Å². The second-order valence-corrected chi connectivity index (χ2v) is 11.1. The van der Waals surface area contributed by atoms with Gasteiger partial charge in [0.25, 0.3) is 0 Å². The lowest BCUT2D eigenvalue weighted by Crippen LogP contribution is -2.09. The molecule has 0 saturated carbocycles. The lowest BCUT2D eigenvalue weighted by Gasteiger charge is -2.18. The van der Waals surface area contributed by atoms with Gasteiger partial charge in [0.1, 0.15) is 22.3 Å². The van der Waals surface area contributed by atoms with Crippen molar-refractivity contribution in [1.29, 1.82) is 0 Å². The summed E-state index contributed by atoms with van der Waals surface area (Å²) in [4.78, 5) is 4.79. The highest BCUT2D eigenvalue weighted by Crippen LogP contribution is 2.45. The zero-order valence-corrected chi connectivity index (χ0v) is 21.2. The van der Waals surface area contributed by atoms with Gasteiger partial charge in [0.15, 0.2) is 0 Å². The molecule has 0 N–H and O–H groups in total. The van der Waals surface area contributed by atoms with Gasteiger partial charge in [-0.3, -0.25) is 4.98 Å². The van der Waals surface area contributed by atoms with E-state index in [1.165, 1.54) is 5.56 Å². The minimum absolute atomic E-state index is 0.222. The Labute approximate surface area is 215 Å². The third-order valence-electron chi connectivity index (χ3n) is 7.01. The number of rotatable bonds is 3. The van der Waals surface area contributed by atoms with Gasteiger partial charge in [0, 0.05) is 44.9 Å². The third kappa shape index (κ3) is 3.70. The van der Waals surface area contributed by atoms with E-state index in [0.717, 1.165) is 72.7 Å². The molecule has 0 spiro atoms. The van der Waals surface area contributed by atoms with E-state index in [9.17, 15) is 0 Å². The lowest BCUT2D eigenvalue weighted by molar-refractivity contribution is 0.411. The van der Waals surface area contributed by atoms with Gasteiger partial charge in [-0.05, 0) is 53.3 Å². The molecular formula is C34H27NO2. The van der Waals surface area contributed by atoms with Gasteiger partial charge < -0.3 is 8.83 Å². The second-order valence-electron chi connectivity index (χ2n) is 11.1. The van der Waals surface area contributed by atoms with E-state index in [1.807, 2.05) is 36.5 Å². The van der Waals surface area contributed by atoms with Crippen LogP contribution < -0.4 is 0 Å². The van der Waals surface area contributed by atoms with E-state index >= 15 is 0 Å². The van der Waals surface area contributed by atoms with Gasteiger partial charge >= 0.3 is 0 Å². The van der Waals surface area contributed by atoms with Crippen molar-refractivity contribution in [3.05, 3.63) is 103 Å². The first-order chi connectivity index (χ1) is 17.9. The summed E-state index contributed by atoms with van der Waals surface area (Å²) in [5.74, 6) is 0. The molecule has 0 saturated heterocycles. The van der Waals surface area contributed by atoms with E-state index in [0.29, 0.717) is 0 Å². The summed E-state index contributed by atoms with van der Waals surface area (Å²) in [5.41, 5.74) is 9.25. The molecule has 0 bridgehead atoms. The summed E-state index contributed by atoms with van der Waals surface area (Å²) in [6.45, 7) is 6.82. The van der Waals surface area contributed by atoms with Crippen LogP contribution in [0.4, 0.5) is 0 Å². The quantitative estimate of drug-likeness (QED) is 0.252. The summed E-state index contributed by atoms with van der Waals surface area (Å²) in [6.07, 6.45) is 2.93. The number of fused-ring (bicyclic) bond motifs is 6. The number of benzene rings is 4. The Balaban J connectivity index is 1.52. The van der Waals surface area contributed by atoms with E-state index in [1.54, 1.807) is 0 Å². The normalized spacial score (nSPS) is 12.3. The van der Waals surface area contributed by atoms with Crippen molar-refractivity contribution in [3.63, 3.8) is 0 Å². The Morgan fingerprint density at radius 2 is 1.27 bits per heavy atom. The van der Waals surface area contributed by atoms with Crippen LogP contribution in [0, 0.1) is 5.41 Å². The standard InChI is InChI=1S/C34H27NO2/c1-34(2,3)20-21-9-8-10-22(17-21)26-18-23(15-16-35-26)31-32-24-11-4-6-13-27(24)36-29(32)19-30-33(31)25-12-5-7-14-28(25)37-30/h4-19H,20H2,1-3H3. The molecule has 0 radical (unpaired) electrons. The Morgan fingerprint density at radius 1 is 0.622 bits per heavy atom. The summed E-state index contributed by atoms with van der Waals surface area (Å²) in [6, 6.07) is 31.6. The topological polar surface area (TPSA) is 39.2 Å². The molecule has 0 aliphatic rings. The molecule has 0 atom stereocenters. The van der Waals surface area contributed by atoms with Crippen LogP contribution in [0.1, 0.15) is 26.3 Å². The van der Waals surface area contributed by atoms with Crippen LogP contribution in [-0.4, -0.2) is 4.98 Å². The van der Waals surface area contributed by atoms with Gasteiger partial charge in [-0.2, -0.15) is 0 Å². The molecule has 0 aliphatic heterocycles. The largest absolute Gasteiger partial charge is 0.456 e. The van der Waals surface area contributed by atoms with Crippen LogP contribution in [0.2, 0.25) is 0 Å². The number of furan rings is 2. The zero-order valence-electron chi connectivity index (χ0n) is 21.2. The van der Waals surface area contributed by atoms with Gasteiger partial charge in [-0.15, -0.1) is 0 Å². The molecule has 180 valence electrons. The number of nitrogens with zero attached hydrogens (tertiary/aromatic N) is 1. The monoisotopic (exact) mass is 481 g/mol. The van der Waals surface area contributed by atoms with Crippen LogP contribution in [0.15, 0.2) is 106 Å². The molecule has 3 heterocycles. The van der Waals surface area contributed by atoms with Crippen LogP contribution in [0.5, 0.6) is 0 Å². The first-order valence-electron chi connectivity index (χ1n) is 12.8. The van der Waals surface area contributed by atoms with Crippen LogP contribution >= 0.6 is 0 Å². The molecule has 0 fully saturated rings. The van der Waals surface area contributed by atoms with Gasteiger partial charge in [0.2, 0.25) is 0 Å². The van der Waals surface area contributed by atoms with Crippen molar-refractivity contribution in [2.45, 2.75) is 27.2 Å². The highest BCUT2D eigenvalue weighted by Gasteiger charge is 2.21. The number of para-hydroxylation sites is 2. The first-order valence-corrected chi connectivity index (χ1v) is 12.8. The molecule has 0 unspecified atom stereocenters. The van der Waals surface area contributed by atoms with Gasteiger partial charge in [0.05, 0.1) is 5.69 Å². The lowest BCUT2D eigenvalue weighted by atomic mass is 9.87. The van der Waals surface area contributed by atoms with E-state index in [-0.39, 0.29) is 5.41 Å². The fourth-order valence-corrected chi connectivity index (χ4v) is 5.58. The SMILES string of the molecule is CC(C)(C)Cc1cccc(-c2cc(-c3c4c(cc5oc6ccccc6c35)oc3ccccc34)ccn2)c1. The van der Waals surface area contributed by atoms with E-state index in [4.69, 9.17) is 13.8 Å². The highest BCUT2D eigenvalue weighted by atomic mass is 16.3. The van der Waals surface area contributed by atoms with Gasteiger partial charge in [-0.1, -0.05) is 75.4 Å². The van der Waals surface area contributed by atoms with Crippen LogP contribution in [0.3, 0.4) is 0 Å². The number of pyridine rings is 1. The van der Waals surface area contributed by atoms with Crippen molar-refractivity contribution in [2.75, 3.05) is 0 Å². The Bertz CT molecular complexity index is 1860. The molecule has 3 heteroatoms. The number of hydrogen-bond acceptors (Lipinski definition) is 3. The highest BCUT2D eigenvalue weighted by molar-refractivity contribution is 6.25. The maximum atomic E-state index is 6.32. The van der Waals surface area contributed by atoms with Crippen molar-refractivity contribution in [1.82, 2.24) is 4.98 Å². The van der Waals surface area contributed by atoms with Crippen molar-refractivity contribution in [3.8, 4) is 22.4 Å². The van der Waals surface area contributed by atoms with Gasteiger partial charge in [-0.25, -0.2) is 0 Å². The Hall–Kier alpha value is -4.37. The number of aromatic nitrogens is 1. The minimum Gasteiger partial charge on any atom is -0.456 e. The average Bonchev–Trinajstić information content (AvgIpc) is 3.44. The molecule has 7 rings (SSSR count). The van der Waals surface area contributed by atoms with Crippen molar-refractivity contribution >= 4 is 43.9 Å². The maximum absolute atomic E-state index is 6.32. The Morgan fingerprint density at radius 3 is 1.92 bits per heavy atom.